The van der Waals surface area contributed by atoms with Gasteiger partial charge in [0.1, 0.15) is 34.4 Å². The maximum Gasteiger partial charge on any atom is 0.408 e. The predicted molar refractivity (Wildman–Crippen MR) is 294 cm³/mol. The third kappa shape index (κ3) is 14.7. The smallest absolute Gasteiger partial charge is 0.408 e. The molecule has 0 spiro atoms. The Balaban J connectivity index is 0.909. The molecule has 0 unspecified atom stereocenters. The van der Waals surface area contributed by atoms with Gasteiger partial charge in [-0.15, -0.1) is 0 Å². The number of hydrogen-bond acceptors (Lipinski definition) is 14. The number of carbonyl (C=O) groups excluding carboxylic acids is 9. The second-order valence-electron chi connectivity index (χ2n) is 19.8. The molecule has 432 valence electrons. The number of nitrogens with one attached hydrogen (secondary N) is 9. The molecule has 0 bridgehead atoms. The molecule has 0 radical (unpaired) electrons. The summed E-state index contributed by atoms with van der Waals surface area (Å²) in [7, 11) is 11.0. The first kappa shape index (κ1) is 58.9. The van der Waals surface area contributed by atoms with Crippen LogP contribution < -0.4 is 47.9 Å². The minimum Gasteiger partial charge on any atom is -0.475 e. The molecule has 0 aromatic carbocycles. The summed E-state index contributed by atoms with van der Waals surface area (Å²) in [6.45, 7) is 4.66. The first-order valence-electron chi connectivity index (χ1n) is 25.0. The van der Waals surface area contributed by atoms with Crippen molar-refractivity contribution in [3.8, 4) is 0 Å². The third-order valence-electron chi connectivity index (χ3n) is 12.0. The number of ether oxygens (including phenoxy) is 1. The van der Waals surface area contributed by atoms with E-state index in [1.54, 1.807) is 85.1 Å². The van der Waals surface area contributed by atoms with Crippen molar-refractivity contribution < 1.29 is 57.8 Å². The van der Waals surface area contributed by atoms with Gasteiger partial charge in [0, 0.05) is 112 Å². The van der Waals surface area contributed by atoms with Gasteiger partial charge in [-0.05, 0) is 57.5 Å². The minimum absolute atomic E-state index is 0.0350. The summed E-state index contributed by atoms with van der Waals surface area (Å²) in [5, 5.41) is 32.8. The summed E-state index contributed by atoms with van der Waals surface area (Å²) in [6, 6.07) is 6.40. The molecule has 0 aliphatic heterocycles. The predicted octanol–water partition coefficient (Wildman–Crippen LogP) is 2.36. The van der Waals surface area contributed by atoms with Gasteiger partial charge in [0.25, 0.3) is 35.4 Å². The maximum atomic E-state index is 13.8. The standard InChI is InChI=1S/C51H61N19O12/c1-51(2,3)82-50(81)57-30(42(72)62-36-25-68(8)39(59-36)47(77)55-29-19-33(66(6)23-29)44(74)53-16-14-38(71)58-35-24-70(10)41(61-35)49(79)80)13-15-52-43(73)32-18-28(22-65(32)5)56-48(78)40-60-37(26-69(40)9)63-46(76)34-20-27(21-67(34)7)54-45(75)31-12-11-17-64(31)4/h11-12,17-26,30H,13-16H2,1-10H3,(H,52,73)(H,53,74)(H,54,75)(H,55,77)(H,56,78)(H,57,81)(H,58,71)(H,62,72)(H,63,76)(H,79,80)/t30-/m1/s1. The van der Waals surface area contributed by atoms with Gasteiger partial charge < -0.3 is 89.7 Å². The molecule has 10 N–H and O–H groups in total. The Morgan fingerprint density at radius 2 is 0.951 bits per heavy atom. The van der Waals surface area contributed by atoms with E-state index in [9.17, 15) is 53.1 Å². The van der Waals surface area contributed by atoms with Crippen molar-refractivity contribution in [1.29, 1.82) is 0 Å². The van der Waals surface area contributed by atoms with Crippen LogP contribution in [0, 0.1) is 0 Å². The van der Waals surface area contributed by atoms with Crippen LogP contribution in [0.3, 0.4) is 0 Å². The zero-order chi connectivity index (χ0) is 59.9. The highest BCUT2D eigenvalue weighted by Gasteiger charge is 2.28. The van der Waals surface area contributed by atoms with Crippen molar-refractivity contribution in [2.75, 3.05) is 45.0 Å². The van der Waals surface area contributed by atoms with Crippen molar-refractivity contribution in [3.05, 3.63) is 114 Å². The van der Waals surface area contributed by atoms with Crippen molar-refractivity contribution in [1.82, 2.24) is 62.9 Å². The molecule has 7 heterocycles. The van der Waals surface area contributed by atoms with Crippen molar-refractivity contribution in [3.63, 3.8) is 0 Å². The van der Waals surface area contributed by atoms with Gasteiger partial charge in [-0.2, -0.15) is 0 Å². The van der Waals surface area contributed by atoms with E-state index in [2.05, 4.69) is 62.8 Å². The molecular formula is C51H61N19O12. The van der Waals surface area contributed by atoms with Crippen LogP contribution >= 0.6 is 0 Å². The molecule has 0 saturated carbocycles. The highest BCUT2D eigenvalue weighted by atomic mass is 16.6. The number of carboxylic acids is 1. The molecule has 0 aliphatic carbocycles. The Kier molecular flexibility index (Phi) is 17.6. The monoisotopic (exact) mass is 1130 g/mol. The lowest BCUT2D eigenvalue weighted by Gasteiger charge is -2.23. The van der Waals surface area contributed by atoms with Crippen LogP contribution in [0.4, 0.5) is 39.3 Å². The SMILES string of the molecule is Cn1cc(NC(=O)c2nc(NC(=O)[C@@H](CCNC(=O)c3cc(NC(=O)c4nc(NC(=O)c5cc(NC(=O)c6cccn6C)cn5C)cn4C)cn3C)NC(=O)OC(C)(C)C)cn2C)cc1C(=O)NCCC(=O)Nc1cn(C)c(C(=O)O)n1. The average molecular weight is 1130 g/mol. The van der Waals surface area contributed by atoms with Gasteiger partial charge in [-0.3, -0.25) is 38.4 Å². The van der Waals surface area contributed by atoms with E-state index < -0.39 is 65.1 Å². The van der Waals surface area contributed by atoms with E-state index in [0.29, 0.717) is 11.4 Å². The molecule has 0 saturated heterocycles. The summed E-state index contributed by atoms with van der Waals surface area (Å²) in [5.41, 5.74) is 0.765. The van der Waals surface area contributed by atoms with E-state index in [0.717, 1.165) is 0 Å². The summed E-state index contributed by atoms with van der Waals surface area (Å²) < 4.78 is 15.4. The van der Waals surface area contributed by atoms with Crippen LogP contribution in [0.25, 0.3) is 0 Å². The van der Waals surface area contributed by atoms with Crippen LogP contribution in [-0.4, -0.2) is 136 Å². The molecule has 0 aliphatic rings. The molecule has 31 heteroatoms. The fourth-order valence-electron chi connectivity index (χ4n) is 8.16. The quantitative estimate of drug-likeness (QED) is 0.0494. The Hall–Kier alpha value is -10.8. The summed E-state index contributed by atoms with van der Waals surface area (Å²) in [5.74, 6) is -6.48. The zero-order valence-electron chi connectivity index (χ0n) is 46.2. The van der Waals surface area contributed by atoms with E-state index >= 15 is 0 Å². The van der Waals surface area contributed by atoms with Gasteiger partial charge in [0.15, 0.2) is 17.5 Å². The number of nitrogens with zero attached hydrogens (tertiary/aromatic N) is 10. The Morgan fingerprint density at radius 1 is 0.512 bits per heavy atom. The van der Waals surface area contributed by atoms with Gasteiger partial charge in [0.05, 0.1) is 17.1 Å². The number of amides is 9. The molecule has 7 aromatic rings. The third-order valence-corrected chi connectivity index (χ3v) is 12.0. The van der Waals surface area contributed by atoms with E-state index in [1.807, 2.05) is 0 Å². The Morgan fingerprint density at radius 3 is 1.43 bits per heavy atom. The molecule has 1 atom stereocenters. The highest BCUT2D eigenvalue weighted by Crippen LogP contribution is 2.20. The lowest BCUT2D eigenvalue weighted by Crippen LogP contribution is -2.47. The number of alkyl carbamates (subject to hydrolysis) is 1. The van der Waals surface area contributed by atoms with Gasteiger partial charge in [0.2, 0.25) is 29.3 Å². The number of hydrogen-bond donors (Lipinski definition) is 10. The summed E-state index contributed by atoms with van der Waals surface area (Å²) >= 11 is 0. The molecule has 7 aromatic heterocycles. The fourth-order valence-corrected chi connectivity index (χ4v) is 8.16. The highest BCUT2D eigenvalue weighted by molar-refractivity contribution is 6.08. The van der Waals surface area contributed by atoms with Gasteiger partial charge in [-0.1, -0.05) is 0 Å². The van der Waals surface area contributed by atoms with Crippen LogP contribution in [0.15, 0.2) is 73.7 Å². The fraction of sp³-hybridized carbons (Fsp3) is 0.314. The molecule has 0 fully saturated rings. The molecule has 82 heavy (non-hydrogen) atoms. The lowest BCUT2D eigenvalue weighted by atomic mass is 10.2. The molecule has 31 nitrogen and oxygen atoms in total. The van der Waals surface area contributed by atoms with Gasteiger partial charge >= 0.3 is 12.1 Å². The van der Waals surface area contributed by atoms with E-state index in [1.165, 1.54) is 90.7 Å². The van der Waals surface area contributed by atoms with Gasteiger partial charge in [-0.25, -0.2) is 24.5 Å². The number of anilines is 6. The number of carbonyl (C=O) groups is 10. The van der Waals surface area contributed by atoms with E-state index in [4.69, 9.17) is 4.74 Å². The molecule has 9 amide bonds. The molecular weight excluding hydrogens is 1070 g/mol. The van der Waals surface area contributed by atoms with Crippen LogP contribution in [0.2, 0.25) is 0 Å². The molecule has 7 rings (SSSR count). The summed E-state index contributed by atoms with van der Waals surface area (Å²) in [4.78, 5) is 142. The van der Waals surface area contributed by atoms with Crippen molar-refractivity contribution >= 4 is 93.8 Å². The largest absolute Gasteiger partial charge is 0.475 e. The van der Waals surface area contributed by atoms with Crippen LogP contribution in [0.5, 0.6) is 0 Å². The minimum atomic E-state index is -1.31. The van der Waals surface area contributed by atoms with Crippen LogP contribution in [-0.2, 0) is 63.7 Å². The first-order chi connectivity index (χ1) is 38.6. The Labute approximate surface area is 466 Å². The number of aromatic carboxylic acids is 1. The topological polar surface area (TPSA) is 382 Å². The normalized spacial score (nSPS) is 11.5. The number of rotatable bonds is 21. The number of aromatic nitrogens is 10. The number of aryl methyl sites for hydroxylation is 7. The second kappa shape index (κ2) is 24.5. The number of carboxylic acid groups (broad SMARTS) is 1. The first-order valence-corrected chi connectivity index (χ1v) is 25.0. The van der Waals surface area contributed by atoms with Crippen molar-refractivity contribution in [2.45, 2.75) is 45.3 Å². The number of imidazole rings is 3. The lowest BCUT2D eigenvalue weighted by molar-refractivity contribution is -0.118. The Bertz CT molecular complexity index is 3650. The average Bonchev–Trinajstić information content (AvgIpc) is 4.46. The van der Waals surface area contributed by atoms with Crippen molar-refractivity contribution in [2.24, 2.45) is 49.3 Å². The maximum absolute atomic E-state index is 13.8. The van der Waals surface area contributed by atoms with Crippen LogP contribution in [0.1, 0.15) is 107 Å². The second-order valence-corrected chi connectivity index (χ2v) is 19.8. The van der Waals surface area contributed by atoms with E-state index in [-0.39, 0.29) is 95.2 Å². The zero-order valence-corrected chi connectivity index (χ0v) is 46.2. The summed E-state index contributed by atoms with van der Waals surface area (Å²) in [6.07, 6.45) is 9.16.